The van der Waals surface area contributed by atoms with Crippen LogP contribution in [-0.2, 0) is 14.4 Å². The zero-order chi connectivity index (χ0) is 10.4. The van der Waals surface area contributed by atoms with E-state index in [1.807, 2.05) is 0 Å². The Morgan fingerprint density at radius 2 is 2.07 bits per heavy atom. The number of carbonyl (C=O) groups excluding carboxylic acids is 2. The van der Waals surface area contributed by atoms with Crippen LogP contribution in [0.15, 0.2) is 0 Å². The van der Waals surface area contributed by atoms with Crippen molar-refractivity contribution in [3.8, 4) is 0 Å². The monoisotopic (exact) mass is 210 g/mol. The van der Waals surface area contributed by atoms with E-state index in [-0.39, 0.29) is 24.3 Å². The van der Waals surface area contributed by atoms with Crippen molar-refractivity contribution in [2.75, 3.05) is 6.61 Å². The molecule has 2 N–H and O–H groups in total. The fourth-order valence-corrected chi connectivity index (χ4v) is 2.67. The van der Waals surface area contributed by atoms with E-state index in [0.717, 1.165) is 24.7 Å². The third-order valence-corrected chi connectivity index (χ3v) is 3.67. The highest BCUT2D eigenvalue weighted by atomic mass is 16.7. The van der Waals surface area contributed by atoms with Crippen LogP contribution in [0.5, 0.6) is 0 Å². The van der Waals surface area contributed by atoms with Crippen LogP contribution in [0.1, 0.15) is 19.3 Å². The van der Waals surface area contributed by atoms with Crippen molar-refractivity contribution in [2.45, 2.75) is 25.3 Å². The molecule has 0 radical (unpaired) electrons. The molecule has 1 aliphatic heterocycles. The SMILES string of the molecule is O=C(N[C@@H]1CONC1=O)C1CC2CC2C1. The largest absolute Gasteiger partial charge is 0.342 e. The zero-order valence-electron chi connectivity index (χ0n) is 8.36. The number of amides is 2. The molecule has 0 spiro atoms. The molecular weight excluding hydrogens is 196 g/mol. The molecule has 3 aliphatic rings. The van der Waals surface area contributed by atoms with Gasteiger partial charge in [-0.05, 0) is 31.1 Å². The Morgan fingerprint density at radius 3 is 2.67 bits per heavy atom. The van der Waals surface area contributed by atoms with E-state index in [1.54, 1.807) is 0 Å². The highest BCUT2D eigenvalue weighted by Gasteiger charge is 2.48. The van der Waals surface area contributed by atoms with Crippen LogP contribution in [0.25, 0.3) is 0 Å². The first-order valence-corrected chi connectivity index (χ1v) is 5.46. The zero-order valence-corrected chi connectivity index (χ0v) is 8.36. The summed E-state index contributed by atoms with van der Waals surface area (Å²) in [5, 5.41) is 2.74. The Labute approximate surface area is 87.5 Å². The van der Waals surface area contributed by atoms with Gasteiger partial charge >= 0.3 is 0 Å². The van der Waals surface area contributed by atoms with Crippen LogP contribution >= 0.6 is 0 Å². The lowest BCUT2D eigenvalue weighted by atomic mass is 10.0. The second kappa shape index (κ2) is 3.20. The predicted molar refractivity (Wildman–Crippen MR) is 50.3 cm³/mol. The Balaban J connectivity index is 1.54. The molecule has 0 bridgehead atoms. The number of rotatable bonds is 2. The lowest BCUT2D eigenvalue weighted by Crippen LogP contribution is -2.44. The molecule has 0 aromatic rings. The minimum Gasteiger partial charge on any atom is -0.342 e. The number of hydroxylamine groups is 1. The number of nitrogens with one attached hydrogen (secondary N) is 2. The average molecular weight is 210 g/mol. The van der Waals surface area contributed by atoms with Gasteiger partial charge in [0.15, 0.2) is 0 Å². The molecule has 2 amide bonds. The maximum Gasteiger partial charge on any atom is 0.268 e. The molecule has 2 saturated carbocycles. The molecule has 15 heavy (non-hydrogen) atoms. The van der Waals surface area contributed by atoms with E-state index in [2.05, 4.69) is 10.8 Å². The lowest BCUT2D eigenvalue weighted by molar-refractivity contribution is -0.130. The van der Waals surface area contributed by atoms with Gasteiger partial charge in [-0.15, -0.1) is 0 Å². The Kier molecular flexibility index (Phi) is 1.95. The van der Waals surface area contributed by atoms with Crippen LogP contribution in [0, 0.1) is 17.8 Å². The van der Waals surface area contributed by atoms with Crippen LogP contribution in [-0.4, -0.2) is 24.5 Å². The van der Waals surface area contributed by atoms with Crippen molar-refractivity contribution in [1.29, 1.82) is 0 Å². The molecule has 0 aromatic heterocycles. The third kappa shape index (κ3) is 1.61. The molecule has 1 heterocycles. The summed E-state index contributed by atoms with van der Waals surface area (Å²) >= 11 is 0. The summed E-state index contributed by atoms with van der Waals surface area (Å²) < 4.78 is 0. The van der Waals surface area contributed by atoms with Gasteiger partial charge in [0.25, 0.3) is 5.91 Å². The summed E-state index contributed by atoms with van der Waals surface area (Å²) in [6.07, 6.45) is 3.31. The average Bonchev–Trinajstić information content (AvgIpc) is 2.64. The number of fused-ring (bicyclic) bond motifs is 1. The van der Waals surface area contributed by atoms with Gasteiger partial charge in [-0.1, -0.05) is 0 Å². The minimum absolute atomic E-state index is 0.0212. The van der Waals surface area contributed by atoms with Crippen LogP contribution < -0.4 is 10.8 Å². The van der Waals surface area contributed by atoms with E-state index in [0.29, 0.717) is 0 Å². The van der Waals surface area contributed by atoms with Crippen molar-refractivity contribution in [2.24, 2.45) is 17.8 Å². The van der Waals surface area contributed by atoms with Gasteiger partial charge in [-0.2, -0.15) is 0 Å². The molecular formula is C10H14N2O3. The van der Waals surface area contributed by atoms with Crippen molar-refractivity contribution >= 4 is 11.8 Å². The van der Waals surface area contributed by atoms with Crippen molar-refractivity contribution in [3.63, 3.8) is 0 Å². The van der Waals surface area contributed by atoms with E-state index in [1.165, 1.54) is 6.42 Å². The maximum absolute atomic E-state index is 11.8. The second-order valence-electron chi connectivity index (χ2n) is 4.76. The van der Waals surface area contributed by atoms with Gasteiger partial charge in [0.2, 0.25) is 5.91 Å². The first-order valence-electron chi connectivity index (χ1n) is 5.46. The highest BCUT2D eigenvalue weighted by Crippen LogP contribution is 2.54. The molecule has 5 nitrogen and oxygen atoms in total. The van der Waals surface area contributed by atoms with Crippen molar-refractivity contribution in [1.82, 2.24) is 10.8 Å². The Bertz CT molecular complexity index is 308. The number of carbonyl (C=O) groups is 2. The van der Waals surface area contributed by atoms with Gasteiger partial charge in [0.05, 0.1) is 0 Å². The molecule has 1 saturated heterocycles. The topological polar surface area (TPSA) is 67.4 Å². The fraction of sp³-hybridized carbons (Fsp3) is 0.800. The van der Waals surface area contributed by atoms with Gasteiger partial charge in [0, 0.05) is 5.92 Å². The van der Waals surface area contributed by atoms with E-state index in [9.17, 15) is 9.59 Å². The van der Waals surface area contributed by atoms with Crippen LogP contribution in [0.4, 0.5) is 0 Å². The Hall–Kier alpha value is -1.10. The normalized spacial score (nSPS) is 42.3. The highest BCUT2D eigenvalue weighted by molar-refractivity contribution is 5.89. The minimum atomic E-state index is -0.491. The van der Waals surface area contributed by atoms with Crippen molar-refractivity contribution in [3.05, 3.63) is 0 Å². The summed E-state index contributed by atoms with van der Waals surface area (Å²) in [6.45, 7) is 0.240. The Morgan fingerprint density at radius 1 is 1.33 bits per heavy atom. The van der Waals surface area contributed by atoms with Gasteiger partial charge < -0.3 is 5.32 Å². The van der Waals surface area contributed by atoms with Crippen LogP contribution in [0.2, 0.25) is 0 Å². The number of hydrogen-bond acceptors (Lipinski definition) is 3. The molecule has 2 aliphatic carbocycles. The number of hydrogen-bond donors (Lipinski definition) is 2. The summed E-state index contributed by atoms with van der Waals surface area (Å²) in [4.78, 5) is 27.7. The predicted octanol–water partition coefficient (Wildman–Crippen LogP) is -0.421. The first kappa shape index (κ1) is 9.15. The lowest BCUT2D eigenvalue weighted by Gasteiger charge is -2.14. The first-order chi connectivity index (χ1) is 7.24. The second-order valence-corrected chi connectivity index (χ2v) is 4.76. The van der Waals surface area contributed by atoms with E-state index >= 15 is 0 Å². The molecule has 3 fully saturated rings. The smallest absolute Gasteiger partial charge is 0.268 e. The quantitative estimate of drug-likeness (QED) is 0.650. The molecule has 3 atom stereocenters. The van der Waals surface area contributed by atoms with E-state index < -0.39 is 6.04 Å². The summed E-state index contributed by atoms with van der Waals surface area (Å²) in [6, 6.07) is -0.491. The molecule has 3 rings (SSSR count). The fourth-order valence-electron chi connectivity index (χ4n) is 2.67. The third-order valence-electron chi connectivity index (χ3n) is 3.67. The van der Waals surface area contributed by atoms with Crippen molar-refractivity contribution < 1.29 is 14.4 Å². The summed E-state index contributed by atoms with van der Waals surface area (Å²) in [7, 11) is 0. The van der Waals surface area contributed by atoms with E-state index in [4.69, 9.17) is 4.84 Å². The van der Waals surface area contributed by atoms with Gasteiger partial charge in [-0.3, -0.25) is 14.4 Å². The molecule has 0 aromatic carbocycles. The van der Waals surface area contributed by atoms with Crippen LogP contribution in [0.3, 0.4) is 0 Å². The molecule has 82 valence electrons. The van der Waals surface area contributed by atoms with Gasteiger partial charge in [-0.25, -0.2) is 5.48 Å². The summed E-state index contributed by atoms with van der Waals surface area (Å²) in [5.74, 6) is 1.48. The standard InChI is InChI=1S/C10H14N2O3/c13-9(7-2-5-1-6(5)3-7)11-8-4-15-12-10(8)14/h5-8H,1-4H2,(H,11,13)(H,12,14)/t5?,6?,7?,8-/m1/s1. The van der Waals surface area contributed by atoms with Gasteiger partial charge in [0.1, 0.15) is 12.6 Å². The summed E-state index contributed by atoms with van der Waals surface area (Å²) in [5.41, 5.74) is 2.23. The molecule has 5 heteroatoms. The maximum atomic E-state index is 11.8. The molecule has 2 unspecified atom stereocenters.